The summed E-state index contributed by atoms with van der Waals surface area (Å²) in [5, 5.41) is 3.08. The number of amides is 1. The highest BCUT2D eigenvalue weighted by molar-refractivity contribution is 5.95. The molecule has 2 aromatic rings. The van der Waals surface area contributed by atoms with Crippen LogP contribution in [-0.2, 0) is 11.2 Å². The van der Waals surface area contributed by atoms with E-state index in [1.54, 1.807) is 0 Å². The van der Waals surface area contributed by atoms with Gasteiger partial charge in [-0.15, -0.1) is 0 Å². The first-order chi connectivity index (χ1) is 9.79. The van der Waals surface area contributed by atoms with E-state index in [0.29, 0.717) is 5.92 Å². The smallest absolute Gasteiger partial charge is 0.228 e. The minimum atomic E-state index is 0.127. The van der Waals surface area contributed by atoms with E-state index in [4.69, 9.17) is 0 Å². The zero-order chi connectivity index (χ0) is 13.9. The number of nitrogens with one attached hydrogen (secondary N) is 1. The molecule has 2 aromatic carbocycles. The van der Waals surface area contributed by atoms with Crippen molar-refractivity contribution < 1.29 is 4.79 Å². The van der Waals surface area contributed by atoms with Crippen LogP contribution in [-0.4, -0.2) is 5.91 Å². The molecule has 2 heteroatoms. The minimum absolute atomic E-state index is 0.127. The van der Waals surface area contributed by atoms with Gasteiger partial charge in [-0.1, -0.05) is 55.5 Å². The fourth-order valence-corrected chi connectivity index (χ4v) is 2.73. The molecule has 20 heavy (non-hydrogen) atoms. The summed E-state index contributed by atoms with van der Waals surface area (Å²) in [5.74, 6) is 0.673. The van der Waals surface area contributed by atoms with Crippen LogP contribution in [0.3, 0.4) is 0 Å². The van der Waals surface area contributed by atoms with Crippen LogP contribution in [0.1, 0.15) is 30.4 Å². The van der Waals surface area contributed by atoms with Crippen molar-refractivity contribution in [2.75, 3.05) is 5.32 Å². The second-order valence-electron chi connectivity index (χ2n) is 5.36. The van der Waals surface area contributed by atoms with Gasteiger partial charge in [0.15, 0.2) is 0 Å². The Kier molecular flexibility index (Phi) is 3.55. The molecule has 0 aromatic heterocycles. The molecule has 0 aliphatic heterocycles. The van der Waals surface area contributed by atoms with Gasteiger partial charge in [-0.2, -0.15) is 0 Å². The Hall–Kier alpha value is -2.09. The molecule has 1 aliphatic rings. The first-order valence-corrected chi connectivity index (χ1v) is 7.23. The molecule has 1 amide bonds. The zero-order valence-corrected chi connectivity index (χ0v) is 11.7. The van der Waals surface area contributed by atoms with E-state index in [2.05, 4.69) is 30.4 Å². The number of hydrogen-bond acceptors (Lipinski definition) is 1. The van der Waals surface area contributed by atoms with Crippen molar-refractivity contribution in [2.24, 2.45) is 5.92 Å². The van der Waals surface area contributed by atoms with E-state index < -0.39 is 0 Å². The van der Waals surface area contributed by atoms with Crippen molar-refractivity contribution in [2.45, 2.75) is 25.7 Å². The highest BCUT2D eigenvalue weighted by Gasteiger charge is 2.43. The summed E-state index contributed by atoms with van der Waals surface area (Å²) in [6.07, 6.45) is 1.90. The maximum atomic E-state index is 12.3. The number of aryl methyl sites for hydroxylation is 1. The third-order valence-electron chi connectivity index (χ3n) is 4.01. The van der Waals surface area contributed by atoms with Crippen LogP contribution in [0.2, 0.25) is 0 Å². The van der Waals surface area contributed by atoms with E-state index in [1.165, 1.54) is 11.1 Å². The van der Waals surface area contributed by atoms with Gasteiger partial charge in [0.1, 0.15) is 0 Å². The Labute approximate surface area is 119 Å². The van der Waals surface area contributed by atoms with Crippen molar-refractivity contribution in [3.63, 3.8) is 0 Å². The van der Waals surface area contributed by atoms with Gasteiger partial charge >= 0.3 is 0 Å². The van der Waals surface area contributed by atoms with Crippen LogP contribution >= 0.6 is 0 Å². The number of carbonyl (C=O) groups excluding carboxylic acids is 1. The molecule has 0 unspecified atom stereocenters. The van der Waals surface area contributed by atoms with E-state index >= 15 is 0 Å². The SMILES string of the molecule is CCc1ccccc1NC(=O)[C@H]1C[C@@H]1c1ccccc1. The number of anilines is 1. The fraction of sp³-hybridized carbons (Fsp3) is 0.278. The molecule has 102 valence electrons. The molecule has 1 fully saturated rings. The first-order valence-electron chi connectivity index (χ1n) is 7.23. The lowest BCUT2D eigenvalue weighted by molar-refractivity contribution is -0.117. The summed E-state index contributed by atoms with van der Waals surface area (Å²) in [7, 11) is 0. The fourth-order valence-electron chi connectivity index (χ4n) is 2.73. The molecule has 0 spiro atoms. The lowest BCUT2D eigenvalue weighted by Gasteiger charge is -2.09. The van der Waals surface area contributed by atoms with Gasteiger partial charge in [-0.3, -0.25) is 4.79 Å². The van der Waals surface area contributed by atoms with Crippen molar-refractivity contribution >= 4 is 11.6 Å². The second-order valence-corrected chi connectivity index (χ2v) is 5.36. The average Bonchev–Trinajstić information content (AvgIpc) is 3.29. The van der Waals surface area contributed by atoms with E-state index in [0.717, 1.165) is 18.5 Å². The highest BCUT2D eigenvalue weighted by atomic mass is 16.2. The second kappa shape index (κ2) is 5.49. The van der Waals surface area contributed by atoms with Crippen LogP contribution in [0.5, 0.6) is 0 Å². The lowest BCUT2D eigenvalue weighted by Crippen LogP contribution is -2.15. The van der Waals surface area contributed by atoms with Crippen molar-refractivity contribution in [3.05, 3.63) is 65.7 Å². The molecule has 0 bridgehead atoms. The van der Waals surface area contributed by atoms with E-state index in [-0.39, 0.29) is 11.8 Å². The number of hydrogen-bond donors (Lipinski definition) is 1. The van der Waals surface area contributed by atoms with Gasteiger partial charge in [0, 0.05) is 11.6 Å². The number of rotatable bonds is 4. The Morgan fingerprint density at radius 1 is 1.10 bits per heavy atom. The summed E-state index contributed by atoms with van der Waals surface area (Å²) in [6, 6.07) is 18.3. The van der Waals surface area contributed by atoms with Crippen LogP contribution in [0.25, 0.3) is 0 Å². The largest absolute Gasteiger partial charge is 0.326 e. The van der Waals surface area contributed by atoms with E-state index in [9.17, 15) is 4.79 Å². The molecule has 1 N–H and O–H groups in total. The van der Waals surface area contributed by atoms with Crippen molar-refractivity contribution in [1.82, 2.24) is 0 Å². The number of benzene rings is 2. The lowest BCUT2D eigenvalue weighted by atomic mass is 10.1. The molecule has 3 rings (SSSR count). The van der Waals surface area contributed by atoms with Crippen LogP contribution in [0.4, 0.5) is 5.69 Å². The normalized spacial score (nSPS) is 20.4. The summed E-state index contributed by atoms with van der Waals surface area (Å²) in [4.78, 5) is 12.3. The Morgan fingerprint density at radius 2 is 1.80 bits per heavy atom. The van der Waals surface area contributed by atoms with Gasteiger partial charge in [-0.05, 0) is 36.0 Å². The Bertz CT molecular complexity index is 606. The third kappa shape index (κ3) is 2.60. The molecule has 0 saturated heterocycles. The van der Waals surface area contributed by atoms with Crippen LogP contribution in [0.15, 0.2) is 54.6 Å². The molecule has 2 nitrogen and oxygen atoms in total. The van der Waals surface area contributed by atoms with Crippen LogP contribution in [0, 0.1) is 5.92 Å². The van der Waals surface area contributed by atoms with Gasteiger partial charge in [0.25, 0.3) is 0 Å². The number of para-hydroxylation sites is 1. The van der Waals surface area contributed by atoms with Gasteiger partial charge in [-0.25, -0.2) is 0 Å². The Morgan fingerprint density at radius 3 is 2.55 bits per heavy atom. The monoisotopic (exact) mass is 265 g/mol. The van der Waals surface area contributed by atoms with Gasteiger partial charge < -0.3 is 5.32 Å². The quantitative estimate of drug-likeness (QED) is 0.889. The predicted molar refractivity (Wildman–Crippen MR) is 81.7 cm³/mol. The first kappa shape index (κ1) is 12.9. The van der Waals surface area contributed by atoms with Gasteiger partial charge in [0.05, 0.1) is 0 Å². The topological polar surface area (TPSA) is 29.1 Å². The maximum Gasteiger partial charge on any atom is 0.228 e. The summed E-state index contributed by atoms with van der Waals surface area (Å²) in [5.41, 5.74) is 3.42. The van der Waals surface area contributed by atoms with Gasteiger partial charge in [0.2, 0.25) is 5.91 Å². The zero-order valence-electron chi connectivity index (χ0n) is 11.7. The molecule has 0 heterocycles. The summed E-state index contributed by atoms with van der Waals surface area (Å²) < 4.78 is 0. The highest BCUT2D eigenvalue weighted by Crippen LogP contribution is 2.47. The maximum absolute atomic E-state index is 12.3. The molecule has 2 atom stereocenters. The third-order valence-corrected chi connectivity index (χ3v) is 4.01. The Balaban J connectivity index is 1.67. The predicted octanol–water partition coefficient (Wildman–Crippen LogP) is 3.99. The standard InChI is InChI=1S/C18H19NO/c1-2-13-8-6-7-11-17(13)19-18(20)16-12-15(16)14-9-4-3-5-10-14/h3-11,15-16H,2,12H2,1H3,(H,19,20)/t15-,16+/m1/s1. The molecule has 0 radical (unpaired) electrons. The average molecular weight is 265 g/mol. The summed E-state index contributed by atoms with van der Waals surface area (Å²) in [6.45, 7) is 2.11. The van der Waals surface area contributed by atoms with Crippen LogP contribution < -0.4 is 5.32 Å². The number of carbonyl (C=O) groups is 1. The molecular weight excluding hydrogens is 246 g/mol. The molecular formula is C18H19NO. The molecule has 1 aliphatic carbocycles. The summed E-state index contributed by atoms with van der Waals surface area (Å²) >= 11 is 0. The molecule has 1 saturated carbocycles. The minimum Gasteiger partial charge on any atom is -0.326 e. The van der Waals surface area contributed by atoms with E-state index in [1.807, 2.05) is 36.4 Å². The van der Waals surface area contributed by atoms with Crippen molar-refractivity contribution in [3.8, 4) is 0 Å². The van der Waals surface area contributed by atoms with Crippen molar-refractivity contribution in [1.29, 1.82) is 0 Å².